The Labute approximate surface area is 175 Å². The molecule has 0 spiro atoms. The molecule has 0 radical (unpaired) electrons. The molecule has 0 fully saturated rings. The van der Waals surface area contributed by atoms with Crippen LogP contribution in [0.1, 0.15) is 82.5 Å². The van der Waals surface area contributed by atoms with Crippen LogP contribution in [0.25, 0.3) is 0 Å². The molecule has 4 nitrogen and oxygen atoms in total. The first kappa shape index (κ1) is 22.7. The standard InChI is InChI=1S/C25H34N2O2/c1-17(2)22-13-10-14-23(18(3)4)25(22)27(20(6)28)16-15-24(29)26-19(5)21-11-8-7-9-12-21/h7-14,17-19H,15-16H2,1-6H3,(H,26,29). The van der Waals surface area contributed by atoms with Crippen molar-refractivity contribution in [3.05, 3.63) is 65.2 Å². The van der Waals surface area contributed by atoms with Crippen molar-refractivity contribution in [3.8, 4) is 0 Å². The minimum atomic E-state index is -0.0661. The maximum Gasteiger partial charge on any atom is 0.223 e. The maximum atomic E-state index is 12.6. The summed E-state index contributed by atoms with van der Waals surface area (Å²) in [5, 5.41) is 3.04. The summed E-state index contributed by atoms with van der Waals surface area (Å²) in [6.45, 7) is 12.5. The Morgan fingerprint density at radius 3 is 1.90 bits per heavy atom. The average molecular weight is 395 g/mol. The number of carbonyl (C=O) groups is 2. The van der Waals surface area contributed by atoms with Crippen molar-refractivity contribution in [2.45, 2.75) is 65.8 Å². The molecule has 2 aromatic rings. The number of amides is 2. The zero-order valence-corrected chi connectivity index (χ0v) is 18.5. The first-order valence-corrected chi connectivity index (χ1v) is 10.5. The van der Waals surface area contributed by atoms with Crippen LogP contribution in [0.5, 0.6) is 0 Å². The minimum absolute atomic E-state index is 0.0380. The molecule has 0 saturated carbocycles. The number of nitrogens with zero attached hydrogens (tertiary/aromatic N) is 1. The topological polar surface area (TPSA) is 49.4 Å². The summed E-state index contributed by atoms with van der Waals surface area (Å²) in [6, 6.07) is 16.0. The number of anilines is 1. The lowest BCUT2D eigenvalue weighted by Gasteiger charge is -2.29. The monoisotopic (exact) mass is 394 g/mol. The van der Waals surface area contributed by atoms with E-state index in [2.05, 4.69) is 51.2 Å². The number of rotatable bonds is 8. The summed E-state index contributed by atoms with van der Waals surface area (Å²) in [7, 11) is 0. The fraction of sp³-hybridized carbons (Fsp3) is 0.440. The van der Waals surface area contributed by atoms with Gasteiger partial charge in [-0.2, -0.15) is 0 Å². The van der Waals surface area contributed by atoms with E-state index in [4.69, 9.17) is 0 Å². The minimum Gasteiger partial charge on any atom is -0.350 e. The molecule has 0 aliphatic heterocycles. The second kappa shape index (κ2) is 10.2. The zero-order chi connectivity index (χ0) is 21.6. The van der Waals surface area contributed by atoms with Gasteiger partial charge in [-0.25, -0.2) is 0 Å². The molecule has 1 atom stereocenters. The van der Waals surface area contributed by atoms with Gasteiger partial charge in [-0.05, 0) is 35.4 Å². The van der Waals surface area contributed by atoms with Gasteiger partial charge >= 0.3 is 0 Å². The van der Waals surface area contributed by atoms with Gasteiger partial charge in [0.25, 0.3) is 0 Å². The van der Waals surface area contributed by atoms with Crippen LogP contribution in [0.4, 0.5) is 5.69 Å². The first-order valence-electron chi connectivity index (χ1n) is 10.5. The highest BCUT2D eigenvalue weighted by Gasteiger charge is 2.23. The lowest BCUT2D eigenvalue weighted by Crippen LogP contribution is -2.36. The van der Waals surface area contributed by atoms with Crippen LogP contribution in [-0.2, 0) is 9.59 Å². The molecular formula is C25H34N2O2. The molecule has 0 heterocycles. The van der Waals surface area contributed by atoms with Gasteiger partial charge in [0, 0.05) is 19.9 Å². The van der Waals surface area contributed by atoms with Gasteiger partial charge in [0.2, 0.25) is 11.8 Å². The van der Waals surface area contributed by atoms with Crippen LogP contribution < -0.4 is 10.2 Å². The third-order valence-electron chi connectivity index (χ3n) is 5.23. The Morgan fingerprint density at radius 2 is 1.41 bits per heavy atom. The van der Waals surface area contributed by atoms with Crippen molar-refractivity contribution in [1.29, 1.82) is 0 Å². The largest absolute Gasteiger partial charge is 0.350 e. The predicted molar refractivity (Wildman–Crippen MR) is 120 cm³/mol. The first-order chi connectivity index (χ1) is 13.7. The molecule has 2 rings (SSSR count). The molecule has 0 saturated heterocycles. The van der Waals surface area contributed by atoms with Gasteiger partial charge in [-0.15, -0.1) is 0 Å². The van der Waals surface area contributed by atoms with E-state index in [1.165, 1.54) is 0 Å². The number of hydrogen-bond donors (Lipinski definition) is 1. The fourth-order valence-electron chi connectivity index (χ4n) is 3.60. The molecule has 2 aromatic carbocycles. The van der Waals surface area contributed by atoms with Crippen LogP contribution in [0.3, 0.4) is 0 Å². The van der Waals surface area contributed by atoms with Crippen molar-refractivity contribution in [2.75, 3.05) is 11.4 Å². The normalized spacial score (nSPS) is 12.1. The molecule has 2 amide bonds. The van der Waals surface area contributed by atoms with Gasteiger partial charge in [-0.3, -0.25) is 9.59 Å². The SMILES string of the molecule is CC(=O)N(CCC(=O)NC(C)c1ccccc1)c1c(C(C)C)cccc1C(C)C. The summed E-state index contributed by atoms with van der Waals surface area (Å²) in [4.78, 5) is 26.9. The molecule has 0 aliphatic carbocycles. The Bertz CT molecular complexity index is 802. The van der Waals surface area contributed by atoms with Gasteiger partial charge in [-0.1, -0.05) is 76.2 Å². The summed E-state index contributed by atoms with van der Waals surface area (Å²) in [6.07, 6.45) is 0.265. The number of para-hydroxylation sites is 1. The molecule has 29 heavy (non-hydrogen) atoms. The molecular weight excluding hydrogens is 360 g/mol. The van der Waals surface area contributed by atoms with E-state index < -0.39 is 0 Å². The quantitative estimate of drug-likeness (QED) is 0.638. The lowest BCUT2D eigenvalue weighted by atomic mass is 9.91. The third-order valence-corrected chi connectivity index (χ3v) is 5.23. The Balaban J connectivity index is 2.19. The van der Waals surface area contributed by atoms with E-state index in [0.29, 0.717) is 6.54 Å². The molecule has 4 heteroatoms. The van der Waals surface area contributed by atoms with Crippen molar-refractivity contribution in [3.63, 3.8) is 0 Å². The summed E-state index contributed by atoms with van der Waals surface area (Å²) in [5.74, 6) is 0.486. The highest BCUT2D eigenvalue weighted by atomic mass is 16.2. The number of hydrogen-bond acceptors (Lipinski definition) is 2. The van der Waals surface area contributed by atoms with Crippen LogP contribution in [0, 0.1) is 0 Å². The fourth-order valence-corrected chi connectivity index (χ4v) is 3.60. The number of benzene rings is 2. The van der Waals surface area contributed by atoms with E-state index in [1.807, 2.05) is 37.3 Å². The van der Waals surface area contributed by atoms with Crippen LogP contribution in [-0.4, -0.2) is 18.4 Å². The zero-order valence-electron chi connectivity index (χ0n) is 18.5. The second-order valence-corrected chi connectivity index (χ2v) is 8.22. The van der Waals surface area contributed by atoms with Gasteiger partial charge in [0.1, 0.15) is 0 Å². The van der Waals surface area contributed by atoms with E-state index in [9.17, 15) is 9.59 Å². The van der Waals surface area contributed by atoms with E-state index >= 15 is 0 Å². The molecule has 156 valence electrons. The van der Waals surface area contributed by atoms with Crippen molar-refractivity contribution < 1.29 is 9.59 Å². The Morgan fingerprint density at radius 1 is 0.862 bits per heavy atom. The van der Waals surface area contributed by atoms with Crippen LogP contribution in [0.2, 0.25) is 0 Å². The van der Waals surface area contributed by atoms with Gasteiger partial charge in [0.15, 0.2) is 0 Å². The molecule has 0 aliphatic rings. The number of nitrogens with one attached hydrogen (secondary N) is 1. The second-order valence-electron chi connectivity index (χ2n) is 8.22. The van der Waals surface area contributed by atoms with Crippen LogP contribution in [0.15, 0.2) is 48.5 Å². The number of carbonyl (C=O) groups excluding carboxylic acids is 2. The van der Waals surface area contributed by atoms with Crippen molar-refractivity contribution in [1.82, 2.24) is 5.32 Å². The molecule has 0 bridgehead atoms. The van der Waals surface area contributed by atoms with E-state index in [-0.39, 0.29) is 36.1 Å². The molecule has 1 N–H and O–H groups in total. The summed E-state index contributed by atoms with van der Waals surface area (Å²) >= 11 is 0. The van der Waals surface area contributed by atoms with Crippen LogP contribution >= 0.6 is 0 Å². The smallest absolute Gasteiger partial charge is 0.223 e. The van der Waals surface area contributed by atoms with Gasteiger partial charge < -0.3 is 10.2 Å². The highest BCUT2D eigenvalue weighted by molar-refractivity contribution is 5.94. The Kier molecular flexibility index (Phi) is 8.00. The van der Waals surface area contributed by atoms with Gasteiger partial charge in [0.05, 0.1) is 11.7 Å². The van der Waals surface area contributed by atoms with Crippen molar-refractivity contribution in [2.24, 2.45) is 0 Å². The van der Waals surface area contributed by atoms with Crippen molar-refractivity contribution >= 4 is 17.5 Å². The van der Waals surface area contributed by atoms with E-state index in [0.717, 1.165) is 22.4 Å². The third kappa shape index (κ3) is 5.93. The average Bonchev–Trinajstić information content (AvgIpc) is 2.68. The highest BCUT2D eigenvalue weighted by Crippen LogP contribution is 2.35. The molecule has 0 aromatic heterocycles. The molecule has 1 unspecified atom stereocenters. The lowest BCUT2D eigenvalue weighted by molar-refractivity contribution is -0.121. The van der Waals surface area contributed by atoms with E-state index in [1.54, 1.807) is 11.8 Å². The summed E-state index contributed by atoms with van der Waals surface area (Å²) < 4.78 is 0. The maximum absolute atomic E-state index is 12.6. The predicted octanol–water partition coefficient (Wildman–Crippen LogP) is 5.55. The summed E-state index contributed by atoms with van der Waals surface area (Å²) in [5.41, 5.74) is 4.32. The Hall–Kier alpha value is -2.62.